The summed E-state index contributed by atoms with van der Waals surface area (Å²) in [4.78, 5) is 33.4. The van der Waals surface area contributed by atoms with Crippen molar-refractivity contribution in [1.29, 1.82) is 0 Å². The number of alkyl halides is 3. The molecule has 0 saturated carbocycles. The minimum Gasteiger partial charge on any atom is -0.477 e. The molecule has 2 N–H and O–H groups in total. The van der Waals surface area contributed by atoms with Gasteiger partial charge in [-0.15, -0.1) is 16.4 Å². The van der Waals surface area contributed by atoms with Crippen LogP contribution in [0.3, 0.4) is 0 Å². The van der Waals surface area contributed by atoms with Crippen LogP contribution < -0.4 is 0 Å². The molecule has 9 nitrogen and oxygen atoms in total. The number of carbonyl (C=O) groups excluding carboxylic acids is 1. The van der Waals surface area contributed by atoms with E-state index in [2.05, 4.69) is 20.3 Å². The number of carboxylic acid groups (broad SMARTS) is 1. The molecule has 0 spiro atoms. The first kappa shape index (κ1) is 27.1. The maximum absolute atomic E-state index is 15.4. The zero-order valence-corrected chi connectivity index (χ0v) is 22.0. The van der Waals surface area contributed by atoms with E-state index in [0.29, 0.717) is 35.4 Å². The lowest BCUT2D eigenvalue weighted by Gasteiger charge is -2.33. The summed E-state index contributed by atoms with van der Waals surface area (Å²) in [6.45, 7) is 0. The Morgan fingerprint density at radius 1 is 1.22 bits per heavy atom. The highest BCUT2D eigenvalue weighted by Crippen LogP contribution is 2.44. The topological polar surface area (TPSA) is 117 Å². The Balaban J connectivity index is 1.32. The number of carbonyl (C=O) groups is 2. The van der Waals surface area contributed by atoms with E-state index in [9.17, 15) is 27.2 Å². The van der Waals surface area contributed by atoms with Gasteiger partial charge >= 0.3 is 12.1 Å². The number of aromatic nitrogens is 5. The van der Waals surface area contributed by atoms with Crippen molar-refractivity contribution in [3.63, 3.8) is 0 Å². The maximum atomic E-state index is 15.4. The van der Waals surface area contributed by atoms with Gasteiger partial charge in [0, 0.05) is 17.7 Å². The first-order valence-electron chi connectivity index (χ1n) is 12.0. The fourth-order valence-corrected chi connectivity index (χ4v) is 6.22. The molecule has 1 fully saturated rings. The van der Waals surface area contributed by atoms with Crippen molar-refractivity contribution in [3.05, 3.63) is 75.3 Å². The van der Waals surface area contributed by atoms with Gasteiger partial charge in [0.15, 0.2) is 11.5 Å². The van der Waals surface area contributed by atoms with Crippen LogP contribution in [0.15, 0.2) is 36.7 Å². The Hall–Kier alpha value is -4.11. The molecule has 1 amide bonds. The van der Waals surface area contributed by atoms with Gasteiger partial charge in [-0.1, -0.05) is 16.8 Å². The molecule has 2 aliphatic rings. The minimum atomic E-state index is -4.76. The van der Waals surface area contributed by atoms with Gasteiger partial charge < -0.3 is 15.0 Å². The molecular formula is C25H16ClF5N6O3S. The molecule has 212 valence electrons. The van der Waals surface area contributed by atoms with Crippen LogP contribution in [0.5, 0.6) is 0 Å². The largest absolute Gasteiger partial charge is 0.477 e. The summed E-state index contributed by atoms with van der Waals surface area (Å²) in [7, 11) is 0. The van der Waals surface area contributed by atoms with Gasteiger partial charge in [-0.25, -0.2) is 23.2 Å². The Morgan fingerprint density at radius 2 is 2.00 bits per heavy atom. The van der Waals surface area contributed by atoms with Crippen molar-refractivity contribution in [1.82, 2.24) is 29.9 Å². The smallest absolute Gasteiger partial charge is 0.436 e. The molecule has 16 heteroatoms. The first-order chi connectivity index (χ1) is 19.4. The van der Waals surface area contributed by atoms with Crippen molar-refractivity contribution < 1.29 is 36.6 Å². The fraction of sp³-hybridized carbons (Fsp3) is 0.240. The molecule has 41 heavy (non-hydrogen) atoms. The molecule has 0 radical (unpaired) electrons. The molecule has 5 heterocycles. The Bertz CT molecular complexity index is 1750. The maximum Gasteiger partial charge on any atom is 0.436 e. The number of aromatic carboxylic acids is 1. The molecule has 2 atom stereocenters. The number of fused-ring (bicyclic) bond motifs is 1. The second-order valence-electron chi connectivity index (χ2n) is 9.44. The molecule has 1 saturated heterocycles. The quantitative estimate of drug-likeness (QED) is 0.272. The Morgan fingerprint density at radius 3 is 2.68 bits per heavy atom. The van der Waals surface area contributed by atoms with Gasteiger partial charge in [0.05, 0.1) is 39.7 Å². The highest BCUT2D eigenvalue weighted by atomic mass is 35.5. The third-order valence-electron chi connectivity index (χ3n) is 6.99. The molecule has 3 aromatic heterocycles. The van der Waals surface area contributed by atoms with Crippen molar-refractivity contribution >= 4 is 40.4 Å². The molecule has 4 aromatic rings. The average molecular weight is 611 g/mol. The summed E-state index contributed by atoms with van der Waals surface area (Å²) in [5, 5.41) is 15.5. The lowest BCUT2D eigenvalue weighted by molar-refractivity contribution is -0.141. The number of rotatable bonds is 5. The van der Waals surface area contributed by atoms with E-state index in [-0.39, 0.29) is 34.3 Å². The number of thiophene rings is 1. The molecule has 0 bridgehead atoms. The highest BCUT2D eigenvalue weighted by Gasteiger charge is 2.42. The van der Waals surface area contributed by atoms with Gasteiger partial charge in [-0.05, 0) is 43.0 Å². The number of imidazole rings is 1. The van der Waals surface area contributed by atoms with Crippen molar-refractivity contribution in [3.8, 4) is 16.3 Å². The minimum absolute atomic E-state index is 0.0588. The second kappa shape index (κ2) is 9.76. The summed E-state index contributed by atoms with van der Waals surface area (Å²) in [5.74, 6) is -3.22. The van der Waals surface area contributed by atoms with E-state index >= 15 is 4.39 Å². The van der Waals surface area contributed by atoms with Crippen LogP contribution in [-0.4, -0.2) is 52.9 Å². The van der Waals surface area contributed by atoms with E-state index in [1.807, 2.05) is 0 Å². The van der Waals surface area contributed by atoms with Crippen molar-refractivity contribution in [2.75, 3.05) is 0 Å². The number of hydrogen-bond acceptors (Lipinski definition) is 6. The number of aromatic amines is 1. The van der Waals surface area contributed by atoms with Crippen LogP contribution in [0, 0.1) is 11.6 Å². The number of halogens is 6. The third kappa shape index (κ3) is 4.68. The van der Waals surface area contributed by atoms with Crippen LogP contribution >= 0.6 is 22.9 Å². The number of H-pyrrole nitrogens is 1. The van der Waals surface area contributed by atoms with Gasteiger partial charge in [-0.2, -0.15) is 13.2 Å². The van der Waals surface area contributed by atoms with E-state index in [1.54, 1.807) is 4.90 Å². The van der Waals surface area contributed by atoms with Gasteiger partial charge in [0.2, 0.25) is 5.91 Å². The van der Waals surface area contributed by atoms with Crippen molar-refractivity contribution in [2.45, 2.75) is 37.5 Å². The molecular weight excluding hydrogens is 595 g/mol. The SMILES string of the molecule is O=C(O)c1sc(-c2cnc([C@@H]3CC[C@@H]4CC(c5c(-n6cc(C(F)(F)F)nn6)ccc(Cl)c5F)=CC(=O)N43)[nH]2)cc1F. The van der Waals surface area contributed by atoms with Gasteiger partial charge in [-0.3, -0.25) is 4.79 Å². The number of amides is 1. The summed E-state index contributed by atoms with van der Waals surface area (Å²) >= 11 is 6.76. The molecule has 2 aliphatic heterocycles. The molecule has 6 rings (SSSR count). The first-order valence-corrected chi connectivity index (χ1v) is 13.2. The van der Waals surface area contributed by atoms with Crippen LogP contribution in [0.2, 0.25) is 5.02 Å². The second-order valence-corrected chi connectivity index (χ2v) is 10.9. The summed E-state index contributed by atoms with van der Waals surface area (Å²) < 4.78 is 69.5. The van der Waals surface area contributed by atoms with E-state index in [0.717, 1.165) is 22.1 Å². The number of benzene rings is 1. The number of nitrogens with one attached hydrogen (secondary N) is 1. The number of carboxylic acids is 1. The molecule has 0 aliphatic carbocycles. The molecule has 1 aromatic carbocycles. The summed E-state index contributed by atoms with van der Waals surface area (Å²) in [6, 6.07) is 2.70. The van der Waals surface area contributed by atoms with Crippen molar-refractivity contribution in [2.24, 2.45) is 0 Å². The predicted molar refractivity (Wildman–Crippen MR) is 135 cm³/mol. The zero-order chi connectivity index (χ0) is 29.2. The summed E-state index contributed by atoms with van der Waals surface area (Å²) in [5.41, 5.74) is -0.846. The van der Waals surface area contributed by atoms with Crippen LogP contribution in [0.1, 0.15) is 52.1 Å². The lowest BCUT2D eigenvalue weighted by atomic mass is 9.92. The fourth-order valence-electron chi connectivity index (χ4n) is 5.22. The normalized spacial score (nSPS) is 19.0. The average Bonchev–Trinajstić information content (AvgIpc) is 3.70. The van der Waals surface area contributed by atoms with E-state index in [1.165, 1.54) is 24.4 Å². The monoisotopic (exact) mass is 610 g/mol. The number of hydrogen-bond donors (Lipinski definition) is 2. The predicted octanol–water partition coefficient (Wildman–Crippen LogP) is 5.89. The Labute approximate surface area is 235 Å². The van der Waals surface area contributed by atoms with Gasteiger partial charge in [0.1, 0.15) is 16.5 Å². The van der Waals surface area contributed by atoms with Crippen LogP contribution in [0.25, 0.3) is 21.8 Å². The lowest BCUT2D eigenvalue weighted by Crippen LogP contribution is -2.39. The third-order valence-corrected chi connectivity index (χ3v) is 8.42. The zero-order valence-electron chi connectivity index (χ0n) is 20.4. The Kier molecular flexibility index (Phi) is 6.45. The van der Waals surface area contributed by atoms with Crippen LogP contribution in [0.4, 0.5) is 22.0 Å². The van der Waals surface area contributed by atoms with E-state index < -0.39 is 46.3 Å². The van der Waals surface area contributed by atoms with E-state index in [4.69, 9.17) is 16.7 Å². The summed E-state index contributed by atoms with van der Waals surface area (Å²) in [6.07, 6.45) is -0.304. The number of nitrogens with zero attached hydrogens (tertiary/aromatic N) is 5. The van der Waals surface area contributed by atoms with Gasteiger partial charge in [0.25, 0.3) is 0 Å². The standard InChI is InChI=1S/C25H16ClF5N6O3S/c26-12-2-4-15(36-9-18(34-35-36)25(29,30)31)20(21(12)28)10-5-11-1-3-16(37(11)19(38)6-10)23-32-8-14(33-23)17-7-13(27)22(41-17)24(39)40/h2,4,6-9,11,16H,1,3,5H2,(H,32,33)(H,39,40)/t11-,16+/m1/s1. The van der Waals surface area contributed by atoms with Crippen LogP contribution in [-0.2, 0) is 11.0 Å². The highest BCUT2D eigenvalue weighted by molar-refractivity contribution is 7.17. The molecule has 0 unspecified atom stereocenters.